The average molecular weight is 463 g/mol. The summed E-state index contributed by atoms with van der Waals surface area (Å²) in [6.07, 6.45) is 4.19. The van der Waals surface area contributed by atoms with Crippen LogP contribution in [-0.2, 0) is 14.3 Å². The zero-order valence-electron chi connectivity index (χ0n) is 17.7. The van der Waals surface area contributed by atoms with Gasteiger partial charge in [-0.3, -0.25) is 9.59 Å². The van der Waals surface area contributed by atoms with E-state index in [0.717, 1.165) is 4.90 Å². The van der Waals surface area contributed by atoms with E-state index in [1.54, 1.807) is 42.1 Å². The molecule has 0 aromatic heterocycles. The minimum Gasteiger partial charge on any atom is -0.496 e. The summed E-state index contributed by atoms with van der Waals surface area (Å²) >= 11 is 3.04. The molecule has 2 N–H and O–H groups in total. The van der Waals surface area contributed by atoms with E-state index in [9.17, 15) is 14.4 Å². The van der Waals surface area contributed by atoms with Gasteiger partial charge in [-0.2, -0.15) is 11.8 Å². The van der Waals surface area contributed by atoms with Crippen LogP contribution >= 0.6 is 23.5 Å². The number of carbonyl (C=O) groups is 3. The largest absolute Gasteiger partial charge is 0.496 e. The lowest BCUT2D eigenvalue weighted by Gasteiger charge is -2.18. The van der Waals surface area contributed by atoms with Gasteiger partial charge >= 0.3 is 5.97 Å². The Labute approximate surface area is 190 Å². The van der Waals surface area contributed by atoms with Gasteiger partial charge < -0.3 is 20.1 Å². The van der Waals surface area contributed by atoms with Crippen molar-refractivity contribution in [1.29, 1.82) is 0 Å². The fraction of sp³-hybridized carbons (Fsp3) is 0.318. The smallest absolute Gasteiger partial charge is 0.329 e. The number of rotatable bonds is 11. The first-order chi connectivity index (χ1) is 15.0. The summed E-state index contributed by atoms with van der Waals surface area (Å²) in [4.78, 5) is 38.4. The Hall–Kier alpha value is -2.65. The molecule has 2 amide bonds. The Bertz CT molecular complexity index is 907. The van der Waals surface area contributed by atoms with E-state index >= 15 is 0 Å². The maximum atomic E-state index is 12.7. The third-order valence-electron chi connectivity index (χ3n) is 4.28. The molecule has 0 aliphatic heterocycles. The molecule has 0 radical (unpaired) electrons. The molecule has 0 spiro atoms. The summed E-state index contributed by atoms with van der Waals surface area (Å²) < 4.78 is 10.4. The molecule has 166 valence electrons. The van der Waals surface area contributed by atoms with Crippen LogP contribution in [0.25, 0.3) is 0 Å². The van der Waals surface area contributed by atoms with Crippen molar-refractivity contribution in [3.63, 3.8) is 0 Å². The first kappa shape index (κ1) is 24.6. The summed E-state index contributed by atoms with van der Waals surface area (Å²) in [5.41, 5.74) is 0.970. The van der Waals surface area contributed by atoms with Crippen molar-refractivity contribution in [2.24, 2.45) is 0 Å². The molecule has 0 saturated heterocycles. The van der Waals surface area contributed by atoms with Gasteiger partial charge in [0.1, 0.15) is 11.8 Å². The molecule has 0 aliphatic carbocycles. The van der Waals surface area contributed by atoms with Crippen molar-refractivity contribution in [3.8, 4) is 5.75 Å². The van der Waals surface area contributed by atoms with Crippen molar-refractivity contribution >= 4 is 47.0 Å². The molecule has 2 aromatic carbocycles. The van der Waals surface area contributed by atoms with E-state index in [2.05, 4.69) is 10.6 Å². The molecule has 0 heterocycles. The molecule has 0 saturated carbocycles. The molecule has 2 aromatic rings. The second-order valence-electron chi connectivity index (χ2n) is 6.36. The number of ether oxygens (including phenoxy) is 2. The maximum absolute atomic E-state index is 12.7. The molecule has 0 aliphatic rings. The molecule has 0 bridgehead atoms. The molecule has 7 nitrogen and oxygen atoms in total. The highest BCUT2D eigenvalue weighted by molar-refractivity contribution is 7.98. The standard InChI is InChI=1S/C22H26N2O5S2/c1-28-18-10-6-4-8-15(18)21(26)24-17(12-13-30-2)22(27)29-14-20(25)23-16-9-5-7-11-19(16)31-3/h4-11,17H,12-14H2,1-3H3,(H,23,25)(H,24,26)/t17-/m1/s1. The molecule has 0 fully saturated rings. The van der Waals surface area contributed by atoms with Crippen molar-refractivity contribution < 1.29 is 23.9 Å². The first-order valence-electron chi connectivity index (χ1n) is 9.52. The minimum absolute atomic E-state index is 0.318. The zero-order valence-corrected chi connectivity index (χ0v) is 19.3. The van der Waals surface area contributed by atoms with E-state index in [1.807, 2.05) is 30.7 Å². The number of esters is 1. The Morgan fingerprint density at radius 1 is 1.03 bits per heavy atom. The number of hydrogen-bond donors (Lipinski definition) is 2. The first-order valence-corrected chi connectivity index (χ1v) is 12.1. The van der Waals surface area contributed by atoms with Gasteiger partial charge in [0.25, 0.3) is 11.8 Å². The summed E-state index contributed by atoms with van der Waals surface area (Å²) in [6, 6.07) is 13.2. The minimum atomic E-state index is -0.879. The third-order valence-corrected chi connectivity index (χ3v) is 5.72. The quantitative estimate of drug-likeness (QED) is 0.390. The summed E-state index contributed by atoms with van der Waals surface area (Å²) in [5, 5.41) is 5.43. The maximum Gasteiger partial charge on any atom is 0.329 e. The fourth-order valence-corrected chi connectivity index (χ4v) is 3.75. The lowest BCUT2D eigenvalue weighted by molar-refractivity contribution is -0.149. The van der Waals surface area contributed by atoms with Crippen molar-refractivity contribution in [3.05, 3.63) is 54.1 Å². The number of amides is 2. The summed E-state index contributed by atoms with van der Waals surface area (Å²) in [7, 11) is 1.47. The molecule has 31 heavy (non-hydrogen) atoms. The highest BCUT2D eigenvalue weighted by Gasteiger charge is 2.24. The molecular formula is C22H26N2O5S2. The van der Waals surface area contributed by atoms with Crippen LogP contribution in [0.3, 0.4) is 0 Å². The SMILES string of the molecule is COc1ccccc1C(=O)N[C@H](CCSC)C(=O)OCC(=O)Nc1ccccc1SC. The number of para-hydroxylation sites is 2. The topological polar surface area (TPSA) is 93.7 Å². The van der Waals surface area contributed by atoms with Gasteiger partial charge in [0.2, 0.25) is 0 Å². The molecule has 1 atom stereocenters. The van der Waals surface area contributed by atoms with Crippen LogP contribution in [0.15, 0.2) is 53.4 Å². The van der Waals surface area contributed by atoms with E-state index in [-0.39, 0.29) is 0 Å². The normalized spacial score (nSPS) is 11.3. The number of nitrogens with one attached hydrogen (secondary N) is 2. The Morgan fingerprint density at radius 2 is 1.74 bits per heavy atom. The molecule has 9 heteroatoms. The summed E-state index contributed by atoms with van der Waals surface area (Å²) in [6.45, 7) is -0.443. The van der Waals surface area contributed by atoms with Crippen LogP contribution in [0.5, 0.6) is 5.75 Å². The second kappa shape index (κ2) is 12.9. The van der Waals surface area contributed by atoms with Crippen LogP contribution in [0.4, 0.5) is 5.69 Å². The van der Waals surface area contributed by atoms with Crippen LogP contribution in [-0.4, -0.2) is 55.8 Å². The number of methoxy groups -OCH3 is 1. The van der Waals surface area contributed by atoms with E-state index in [1.165, 1.54) is 18.9 Å². The highest BCUT2D eigenvalue weighted by Crippen LogP contribution is 2.24. The Morgan fingerprint density at radius 3 is 2.45 bits per heavy atom. The monoisotopic (exact) mass is 462 g/mol. The average Bonchev–Trinajstić information content (AvgIpc) is 2.80. The number of benzene rings is 2. The van der Waals surface area contributed by atoms with Gasteiger partial charge in [-0.15, -0.1) is 11.8 Å². The molecular weight excluding hydrogens is 436 g/mol. The van der Waals surface area contributed by atoms with Crippen molar-refractivity contribution in [2.45, 2.75) is 17.4 Å². The fourth-order valence-electron chi connectivity index (χ4n) is 2.72. The zero-order chi connectivity index (χ0) is 22.6. The predicted octanol–water partition coefficient (Wildman–Crippen LogP) is 3.45. The van der Waals surface area contributed by atoms with Gasteiger partial charge in [-0.25, -0.2) is 4.79 Å². The summed E-state index contributed by atoms with van der Waals surface area (Å²) in [5.74, 6) is -0.512. The van der Waals surface area contributed by atoms with E-state index in [4.69, 9.17) is 9.47 Å². The van der Waals surface area contributed by atoms with Gasteiger partial charge in [0.15, 0.2) is 6.61 Å². The Balaban J connectivity index is 1.99. The lowest BCUT2D eigenvalue weighted by atomic mass is 10.1. The lowest BCUT2D eigenvalue weighted by Crippen LogP contribution is -2.43. The second-order valence-corrected chi connectivity index (χ2v) is 8.20. The van der Waals surface area contributed by atoms with Crippen molar-refractivity contribution in [1.82, 2.24) is 5.32 Å². The van der Waals surface area contributed by atoms with Gasteiger partial charge in [0, 0.05) is 4.90 Å². The number of hydrogen-bond acceptors (Lipinski definition) is 7. The van der Waals surface area contributed by atoms with Gasteiger partial charge in [-0.05, 0) is 49.0 Å². The highest BCUT2D eigenvalue weighted by atomic mass is 32.2. The molecule has 2 rings (SSSR count). The molecule has 0 unspecified atom stereocenters. The van der Waals surface area contributed by atoms with Crippen molar-refractivity contribution in [2.75, 3.05) is 37.3 Å². The number of carbonyl (C=O) groups excluding carboxylic acids is 3. The van der Waals surface area contributed by atoms with Gasteiger partial charge in [-0.1, -0.05) is 24.3 Å². The Kier molecular flexibility index (Phi) is 10.3. The van der Waals surface area contributed by atoms with Crippen LogP contribution < -0.4 is 15.4 Å². The van der Waals surface area contributed by atoms with Crippen LogP contribution in [0.2, 0.25) is 0 Å². The number of thioether (sulfide) groups is 2. The van der Waals surface area contributed by atoms with Gasteiger partial charge in [0.05, 0.1) is 18.4 Å². The van der Waals surface area contributed by atoms with E-state index < -0.39 is 30.4 Å². The predicted molar refractivity (Wildman–Crippen MR) is 125 cm³/mol. The number of anilines is 1. The third kappa shape index (κ3) is 7.52. The van der Waals surface area contributed by atoms with Crippen LogP contribution in [0.1, 0.15) is 16.8 Å². The van der Waals surface area contributed by atoms with E-state index in [0.29, 0.717) is 29.2 Å². The van der Waals surface area contributed by atoms with Crippen LogP contribution in [0, 0.1) is 0 Å².